The first kappa shape index (κ1) is 19.1. The van der Waals surface area contributed by atoms with E-state index in [4.69, 9.17) is 14.6 Å². The van der Waals surface area contributed by atoms with Crippen molar-refractivity contribution in [2.24, 2.45) is 0 Å². The lowest BCUT2D eigenvalue weighted by Gasteiger charge is -2.35. The first-order valence-electron chi connectivity index (χ1n) is 8.08. The van der Waals surface area contributed by atoms with Crippen LogP contribution in [0.1, 0.15) is 6.92 Å². The summed E-state index contributed by atoms with van der Waals surface area (Å²) in [6, 6.07) is 5.65. The molecule has 8 heteroatoms. The minimum absolute atomic E-state index is 0.0904. The highest BCUT2D eigenvalue weighted by Crippen LogP contribution is 2.16. The summed E-state index contributed by atoms with van der Waals surface area (Å²) in [7, 11) is 1.69. The van der Waals surface area contributed by atoms with Crippen molar-refractivity contribution in [3.8, 4) is 5.75 Å². The third-order valence-corrected chi connectivity index (χ3v) is 3.83. The van der Waals surface area contributed by atoms with Crippen molar-refractivity contribution in [3.63, 3.8) is 0 Å². The molecule has 7 nitrogen and oxygen atoms in total. The van der Waals surface area contributed by atoms with Gasteiger partial charge in [0.25, 0.3) is 5.91 Å². The Morgan fingerprint density at radius 2 is 2.28 bits per heavy atom. The minimum atomic E-state index is -0.914. The Labute approximate surface area is 145 Å². The number of halogens is 1. The number of carboxylic acid groups (broad SMARTS) is 1. The van der Waals surface area contributed by atoms with Gasteiger partial charge in [-0.2, -0.15) is 0 Å². The number of carbonyl (C=O) groups is 2. The molecule has 1 saturated heterocycles. The van der Waals surface area contributed by atoms with E-state index in [1.165, 1.54) is 18.2 Å². The van der Waals surface area contributed by atoms with Gasteiger partial charge in [0.2, 0.25) is 0 Å². The molecule has 1 aromatic carbocycles. The van der Waals surface area contributed by atoms with Crippen LogP contribution in [0.4, 0.5) is 4.39 Å². The zero-order chi connectivity index (χ0) is 18.4. The second kappa shape index (κ2) is 8.77. The highest BCUT2D eigenvalue weighted by Gasteiger charge is 2.29. The quantitative estimate of drug-likeness (QED) is 0.782. The normalized spacial score (nSPS) is 18.9. The number of amides is 1. The average Bonchev–Trinajstić information content (AvgIpc) is 2.53. The predicted molar refractivity (Wildman–Crippen MR) is 87.9 cm³/mol. The van der Waals surface area contributed by atoms with Gasteiger partial charge in [-0.05, 0) is 26.1 Å². The summed E-state index contributed by atoms with van der Waals surface area (Å²) in [6.07, 6.45) is -1.01. The highest BCUT2D eigenvalue weighted by molar-refractivity contribution is 5.81. The molecule has 1 heterocycles. The van der Waals surface area contributed by atoms with Gasteiger partial charge in [-0.3, -0.25) is 14.5 Å². The van der Waals surface area contributed by atoms with Crippen LogP contribution >= 0.6 is 0 Å². The molecule has 2 rings (SSSR count). The summed E-state index contributed by atoms with van der Waals surface area (Å²) in [5.74, 6) is -1.25. The molecular formula is C17H23FN2O5. The molecule has 138 valence electrons. The van der Waals surface area contributed by atoms with Crippen molar-refractivity contribution >= 4 is 11.9 Å². The maximum Gasteiger partial charge on any atom is 0.317 e. The Hall–Kier alpha value is -2.19. The number of likely N-dealkylation sites (N-methyl/N-ethyl adjacent to an activating group) is 1. The predicted octanol–water partition coefficient (Wildman–Crippen LogP) is 0.837. The monoisotopic (exact) mass is 354 g/mol. The molecule has 1 amide bonds. The van der Waals surface area contributed by atoms with Crippen molar-refractivity contribution in [1.82, 2.24) is 9.80 Å². The molecule has 0 aliphatic carbocycles. The van der Waals surface area contributed by atoms with E-state index in [-0.39, 0.29) is 18.6 Å². The number of rotatable bonds is 7. The van der Waals surface area contributed by atoms with E-state index < -0.39 is 17.9 Å². The zero-order valence-corrected chi connectivity index (χ0v) is 14.4. The molecule has 2 atom stereocenters. The largest absolute Gasteiger partial charge is 0.481 e. The van der Waals surface area contributed by atoms with Crippen molar-refractivity contribution in [2.45, 2.75) is 19.1 Å². The number of aliphatic carboxylic acids is 1. The topological polar surface area (TPSA) is 79.3 Å². The van der Waals surface area contributed by atoms with Crippen LogP contribution < -0.4 is 4.74 Å². The molecule has 0 aromatic heterocycles. The number of ether oxygens (including phenoxy) is 2. The first-order chi connectivity index (χ1) is 11.8. The number of carbonyl (C=O) groups excluding carboxylic acids is 1. The van der Waals surface area contributed by atoms with Crippen LogP contribution in [0.2, 0.25) is 0 Å². The fourth-order valence-corrected chi connectivity index (χ4v) is 2.73. The average molecular weight is 354 g/mol. The third kappa shape index (κ3) is 5.99. The minimum Gasteiger partial charge on any atom is -0.481 e. The number of carboxylic acids is 1. The Morgan fingerprint density at radius 1 is 1.52 bits per heavy atom. The molecule has 1 N–H and O–H groups in total. The van der Waals surface area contributed by atoms with Crippen molar-refractivity contribution in [2.75, 3.05) is 39.8 Å². The SMILES string of the molecule is C[C@@H](Oc1cccc(F)c1)C(=O)N1CCO[C@@H](CN(C)CC(=O)O)C1. The lowest BCUT2D eigenvalue weighted by Crippen LogP contribution is -2.52. The van der Waals surface area contributed by atoms with E-state index >= 15 is 0 Å². The van der Waals surface area contributed by atoms with Gasteiger partial charge in [-0.15, -0.1) is 0 Å². The summed E-state index contributed by atoms with van der Waals surface area (Å²) in [6.45, 7) is 3.12. The Bertz CT molecular complexity index is 612. The summed E-state index contributed by atoms with van der Waals surface area (Å²) < 4.78 is 24.3. The van der Waals surface area contributed by atoms with Crippen molar-refractivity contribution in [3.05, 3.63) is 30.1 Å². The second-order valence-electron chi connectivity index (χ2n) is 6.08. The Balaban J connectivity index is 1.88. The fraction of sp³-hybridized carbons (Fsp3) is 0.529. The van der Waals surface area contributed by atoms with E-state index in [2.05, 4.69) is 0 Å². The third-order valence-electron chi connectivity index (χ3n) is 3.83. The van der Waals surface area contributed by atoms with Crippen LogP contribution in [-0.4, -0.2) is 78.8 Å². The van der Waals surface area contributed by atoms with Gasteiger partial charge in [0.15, 0.2) is 6.10 Å². The molecule has 0 bridgehead atoms. The second-order valence-corrected chi connectivity index (χ2v) is 6.08. The van der Waals surface area contributed by atoms with Gasteiger partial charge in [-0.1, -0.05) is 6.07 Å². The lowest BCUT2D eigenvalue weighted by atomic mass is 10.2. The number of hydrogen-bond donors (Lipinski definition) is 1. The summed E-state index contributed by atoms with van der Waals surface area (Å²) in [5.41, 5.74) is 0. The van der Waals surface area contributed by atoms with Crippen molar-refractivity contribution in [1.29, 1.82) is 0 Å². The van der Waals surface area contributed by atoms with Crippen LogP contribution in [0.15, 0.2) is 24.3 Å². The molecule has 0 radical (unpaired) electrons. The molecule has 1 aromatic rings. The summed E-state index contributed by atoms with van der Waals surface area (Å²) >= 11 is 0. The van der Waals surface area contributed by atoms with E-state index in [1.807, 2.05) is 0 Å². The molecule has 1 fully saturated rings. The molecule has 1 aliphatic heterocycles. The van der Waals surface area contributed by atoms with E-state index in [0.717, 1.165) is 0 Å². The lowest BCUT2D eigenvalue weighted by molar-refractivity contribution is -0.147. The number of nitrogens with zero attached hydrogens (tertiary/aromatic N) is 2. The van der Waals surface area contributed by atoms with E-state index in [0.29, 0.717) is 32.0 Å². The summed E-state index contributed by atoms with van der Waals surface area (Å²) in [5, 5.41) is 8.80. The van der Waals surface area contributed by atoms with Crippen LogP contribution in [0.3, 0.4) is 0 Å². The first-order valence-corrected chi connectivity index (χ1v) is 8.08. The van der Waals surface area contributed by atoms with Gasteiger partial charge in [0, 0.05) is 25.7 Å². The highest BCUT2D eigenvalue weighted by atomic mass is 19.1. The Kier molecular flexibility index (Phi) is 6.72. The van der Waals surface area contributed by atoms with Crippen LogP contribution in [0.25, 0.3) is 0 Å². The number of hydrogen-bond acceptors (Lipinski definition) is 5. The maximum absolute atomic E-state index is 13.2. The van der Waals surface area contributed by atoms with Gasteiger partial charge in [0.1, 0.15) is 11.6 Å². The maximum atomic E-state index is 13.2. The zero-order valence-electron chi connectivity index (χ0n) is 14.4. The van der Waals surface area contributed by atoms with Crippen LogP contribution in [0.5, 0.6) is 5.75 Å². The fourth-order valence-electron chi connectivity index (χ4n) is 2.73. The molecule has 1 aliphatic rings. The van der Waals surface area contributed by atoms with Crippen LogP contribution in [-0.2, 0) is 14.3 Å². The molecular weight excluding hydrogens is 331 g/mol. The van der Waals surface area contributed by atoms with Gasteiger partial charge in [-0.25, -0.2) is 4.39 Å². The standard InChI is InChI=1S/C17H23FN2O5/c1-12(25-14-5-3-4-13(18)8-14)17(23)20-6-7-24-15(10-20)9-19(2)11-16(21)22/h3-5,8,12,15H,6-7,9-11H2,1-2H3,(H,21,22)/t12-,15+/m1/s1. The smallest absolute Gasteiger partial charge is 0.317 e. The molecule has 25 heavy (non-hydrogen) atoms. The van der Waals surface area contributed by atoms with Gasteiger partial charge in [0.05, 0.1) is 19.3 Å². The molecule has 0 spiro atoms. The molecule has 0 unspecified atom stereocenters. The number of morpholine rings is 1. The molecule has 0 saturated carbocycles. The van der Waals surface area contributed by atoms with E-state index in [1.54, 1.807) is 29.8 Å². The van der Waals surface area contributed by atoms with Crippen molar-refractivity contribution < 1.29 is 28.6 Å². The summed E-state index contributed by atoms with van der Waals surface area (Å²) in [4.78, 5) is 26.5. The number of benzene rings is 1. The van der Waals surface area contributed by atoms with Gasteiger partial charge >= 0.3 is 5.97 Å². The Morgan fingerprint density at radius 3 is 2.96 bits per heavy atom. The van der Waals surface area contributed by atoms with Gasteiger partial charge < -0.3 is 19.5 Å². The van der Waals surface area contributed by atoms with Crippen LogP contribution in [0, 0.1) is 5.82 Å². The van der Waals surface area contributed by atoms with E-state index in [9.17, 15) is 14.0 Å².